The minimum absolute atomic E-state index is 0.0688. The van der Waals surface area contributed by atoms with E-state index in [0.717, 1.165) is 38.5 Å². The van der Waals surface area contributed by atoms with Gasteiger partial charge in [-0.15, -0.1) is 0 Å². The number of halogens is 1. The highest BCUT2D eigenvalue weighted by Crippen LogP contribution is 2.33. The van der Waals surface area contributed by atoms with Crippen molar-refractivity contribution in [2.24, 2.45) is 5.73 Å². The molecule has 1 aromatic rings. The number of benzene rings is 1. The van der Waals surface area contributed by atoms with E-state index in [9.17, 15) is 14.4 Å². The summed E-state index contributed by atoms with van der Waals surface area (Å²) in [6.45, 7) is 2.66. The number of ether oxygens (including phenoxy) is 2. The molecule has 4 N–H and O–H groups in total. The maximum Gasteiger partial charge on any atom is 0.303 e. The molecule has 1 aliphatic carbocycles. The summed E-state index contributed by atoms with van der Waals surface area (Å²) in [6, 6.07) is 2.57. The van der Waals surface area contributed by atoms with Crippen LogP contribution in [0.15, 0.2) is 12.1 Å². The number of nitrogens with one attached hydrogen (secondary N) is 1. The lowest BCUT2D eigenvalue weighted by molar-refractivity contribution is -0.137. The molecule has 2 heterocycles. The van der Waals surface area contributed by atoms with Crippen molar-refractivity contribution >= 4 is 17.8 Å². The zero-order chi connectivity index (χ0) is 26.7. The summed E-state index contributed by atoms with van der Waals surface area (Å²) < 4.78 is 27.4. The Morgan fingerprint density at radius 1 is 1.32 bits per heavy atom. The molecule has 37 heavy (non-hydrogen) atoms. The number of nitrogens with zero attached hydrogens (tertiary/aromatic N) is 1. The van der Waals surface area contributed by atoms with Gasteiger partial charge in [0.15, 0.2) is 0 Å². The molecule has 2 aliphatic heterocycles. The quantitative estimate of drug-likeness (QED) is 0.433. The van der Waals surface area contributed by atoms with Gasteiger partial charge in [0.1, 0.15) is 11.9 Å². The minimum Gasteiger partial charge on any atom is -0.481 e. The van der Waals surface area contributed by atoms with Gasteiger partial charge in [-0.05, 0) is 63.5 Å². The van der Waals surface area contributed by atoms with Crippen LogP contribution < -0.4 is 11.1 Å². The molecule has 1 unspecified atom stereocenters. The number of primary amides is 1. The normalized spacial score (nSPS) is 28.7. The summed E-state index contributed by atoms with van der Waals surface area (Å²) in [7, 11) is 1.76. The van der Waals surface area contributed by atoms with E-state index in [1.54, 1.807) is 19.2 Å². The second kappa shape index (κ2) is 11.4. The largest absolute Gasteiger partial charge is 0.481 e. The molecule has 10 heteroatoms. The molecule has 3 aliphatic rings. The number of methoxy groups -OCH3 is 1. The van der Waals surface area contributed by atoms with Gasteiger partial charge in [0.2, 0.25) is 5.91 Å². The van der Waals surface area contributed by atoms with Crippen LogP contribution in [0, 0.1) is 5.82 Å². The second-order valence-corrected chi connectivity index (χ2v) is 10.8. The van der Waals surface area contributed by atoms with E-state index in [4.69, 9.17) is 20.3 Å². The molecule has 4 rings (SSSR count). The van der Waals surface area contributed by atoms with Gasteiger partial charge in [-0.2, -0.15) is 0 Å². The number of carbonyl (C=O) groups excluding carboxylic acids is 2. The van der Waals surface area contributed by atoms with Crippen molar-refractivity contribution in [1.29, 1.82) is 0 Å². The van der Waals surface area contributed by atoms with Crippen molar-refractivity contribution < 1.29 is 33.4 Å². The fourth-order valence-corrected chi connectivity index (χ4v) is 5.89. The van der Waals surface area contributed by atoms with E-state index < -0.39 is 29.6 Å². The van der Waals surface area contributed by atoms with Crippen LogP contribution in [-0.4, -0.2) is 71.3 Å². The van der Waals surface area contributed by atoms with Crippen LogP contribution >= 0.6 is 0 Å². The SMILES string of the molecule is COC1(C)CCC(N[C@H]2CCCO[C@@H]2Cc2ccc3c(c2F)CN(C(CCC(=O)O)C(N)=O)C3=O)CC1. The van der Waals surface area contributed by atoms with Crippen molar-refractivity contribution in [3.63, 3.8) is 0 Å². The Morgan fingerprint density at radius 3 is 2.70 bits per heavy atom. The maximum atomic E-state index is 15.7. The average Bonchev–Trinajstić information content (AvgIpc) is 3.20. The number of carboxylic acid groups (broad SMARTS) is 1. The molecule has 0 radical (unpaired) electrons. The van der Waals surface area contributed by atoms with Gasteiger partial charge in [-0.25, -0.2) is 4.39 Å². The van der Waals surface area contributed by atoms with Gasteiger partial charge >= 0.3 is 5.97 Å². The standard InChI is InChI=1S/C27H38FN3O6/c1-27(36-2)11-9-17(10-12-27)30-20-4-3-13-37-22(20)14-16-5-6-18-19(24(16)28)15-31(26(18)35)21(25(29)34)7-8-23(32)33/h5-6,17,20-22,30H,3-4,7-15H2,1-2H3,(H2,29,34)(H,32,33)/t17?,20-,21?,22+,27?/m0/s1. The van der Waals surface area contributed by atoms with Crippen LogP contribution in [0.25, 0.3) is 0 Å². The highest BCUT2D eigenvalue weighted by molar-refractivity contribution is 6.01. The first kappa shape index (κ1) is 27.5. The van der Waals surface area contributed by atoms with Gasteiger partial charge in [-0.3, -0.25) is 14.4 Å². The van der Waals surface area contributed by atoms with Crippen LogP contribution in [0.3, 0.4) is 0 Å². The summed E-state index contributed by atoms with van der Waals surface area (Å²) in [5.41, 5.74) is 6.25. The Kier molecular flexibility index (Phi) is 8.50. The molecule has 3 atom stereocenters. The van der Waals surface area contributed by atoms with Gasteiger partial charge in [0.25, 0.3) is 5.91 Å². The van der Waals surface area contributed by atoms with Crippen LogP contribution in [-0.2, 0) is 32.0 Å². The topological polar surface area (TPSA) is 131 Å². The Balaban J connectivity index is 1.45. The predicted molar refractivity (Wildman–Crippen MR) is 133 cm³/mol. The summed E-state index contributed by atoms with van der Waals surface area (Å²) in [6.07, 6.45) is 5.63. The van der Waals surface area contributed by atoms with E-state index in [-0.39, 0.29) is 48.3 Å². The Labute approximate surface area is 216 Å². The Bertz CT molecular complexity index is 1030. The number of nitrogens with two attached hydrogens (primary N) is 1. The molecule has 9 nitrogen and oxygen atoms in total. The maximum absolute atomic E-state index is 15.7. The highest BCUT2D eigenvalue weighted by atomic mass is 19.1. The molecule has 2 amide bonds. The molecule has 0 bridgehead atoms. The summed E-state index contributed by atoms with van der Waals surface area (Å²) >= 11 is 0. The van der Waals surface area contributed by atoms with Gasteiger partial charge in [0, 0.05) is 49.8 Å². The molecule has 2 fully saturated rings. The average molecular weight is 520 g/mol. The van der Waals surface area contributed by atoms with Crippen molar-refractivity contribution in [1.82, 2.24) is 10.2 Å². The van der Waals surface area contributed by atoms with Crippen LogP contribution in [0.5, 0.6) is 0 Å². The third kappa shape index (κ3) is 6.13. The van der Waals surface area contributed by atoms with E-state index in [2.05, 4.69) is 12.2 Å². The lowest BCUT2D eigenvalue weighted by Crippen LogP contribution is -2.51. The lowest BCUT2D eigenvalue weighted by atomic mass is 9.82. The predicted octanol–water partition coefficient (Wildman–Crippen LogP) is 2.53. The zero-order valence-electron chi connectivity index (χ0n) is 21.6. The van der Waals surface area contributed by atoms with Gasteiger partial charge in [0.05, 0.1) is 18.2 Å². The second-order valence-electron chi connectivity index (χ2n) is 10.8. The van der Waals surface area contributed by atoms with E-state index >= 15 is 4.39 Å². The van der Waals surface area contributed by atoms with Gasteiger partial charge < -0.3 is 30.5 Å². The number of carbonyl (C=O) groups is 3. The summed E-state index contributed by atoms with van der Waals surface area (Å²) in [4.78, 5) is 37.1. The number of rotatable bonds is 10. The van der Waals surface area contributed by atoms with Crippen LogP contribution in [0.2, 0.25) is 0 Å². The van der Waals surface area contributed by atoms with E-state index in [0.29, 0.717) is 24.6 Å². The number of carboxylic acids is 1. The molecule has 204 valence electrons. The molecule has 0 spiro atoms. The Morgan fingerprint density at radius 2 is 2.05 bits per heavy atom. The van der Waals surface area contributed by atoms with Gasteiger partial charge in [-0.1, -0.05) is 6.07 Å². The van der Waals surface area contributed by atoms with Crippen LogP contribution in [0.4, 0.5) is 4.39 Å². The molecule has 1 saturated carbocycles. The first-order valence-corrected chi connectivity index (χ1v) is 13.2. The fraction of sp³-hybridized carbons (Fsp3) is 0.667. The van der Waals surface area contributed by atoms with E-state index in [1.165, 1.54) is 4.90 Å². The number of fused-ring (bicyclic) bond motifs is 1. The van der Waals surface area contributed by atoms with Crippen molar-refractivity contribution in [2.45, 2.75) is 101 Å². The monoisotopic (exact) mass is 519 g/mol. The molecule has 0 aromatic heterocycles. The third-order valence-electron chi connectivity index (χ3n) is 8.33. The smallest absolute Gasteiger partial charge is 0.303 e. The fourth-order valence-electron chi connectivity index (χ4n) is 5.89. The summed E-state index contributed by atoms with van der Waals surface area (Å²) in [5, 5.41) is 12.7. The number of hydrogen-bond acceptors (Lipinski definition) is 6. The molecular formula is C27H38FN3O6. The number of hydrogen-bond donors (Lipinski definition) is 3. The number of aliphatic carboxylic acids is 1. The third-order valence-corrected chi connectivity index (χ3v) is 8.33. The lowest BCUT2D eigenvalue weighted by Gasteiger charge is -2.40. The van der Waals surface area contributed by atoms with E-state index in [1.807, 2.05) is 0 Å². The van der Waals surface area contributed by atoms with Crippen LogP contribution in [0.1, 0.15) is 79.8 Å². The molecular weight excluding hydrogens is 481 g/mol. The van der Waals surface area contributed by atoms with Crippen molar-refractivity contribution in [3.05, 3.63) is 34.6 Å². The minimum atomic E-state index is -1.11. The van der Waals surface area contributed by atoms with Crippen molar-refractivity contribution in [3.8, 4) is 0 Å². The Hall–Kier alpha value is -2.56. The van der Waals surface area contributed by atoms with Crippen molar-refractivity contribution in [2.75, 3.05) is 13.7 Å². The zero-order valence-corrected chi connectivity index (χ0v) is 21.6. The molecule has 1 aromatic carbocycles. The summed E-state index contributed by atoms with van der Waals surface area (Å²) in [5.74, 6) is -2.89. The first-order chi connectivity index (χ1) is 17.6. The highest BCUT2D eigenvalue weighted by Gasteiger charge is 2.39. The number of amides is 2. The first-order valence-electron chi connectivity index (χ1n) is 13.2. The molecule has 1 saturated heterocycles.